The van der Waals surface area contributed by atoms with E-state index in [-0.39, 0.29) is 16.6 Å². The van der Waals surface area contributed by atoms with E-state index in [2.05, 4.69) is 14.7 Å². The normalized spacial score (nSPS) is 17.7. The van der Waals surface area contributed by atoms with Gasteiger partial charge in [-0.05, 0) is 25.5 Å². The average Bonchev–Trinajstić information content (AvgIpc) is 2.86. The minimum absolute atomic E-state index is 0.0686. The van der Waals surface area contributed by atoms with Crippen molar-refractivity contribution in [3.05, 3.63) is 41.7 Å². The molecule has 114 valence electrons. The lowest BCUT2D eigenvalue weighted by atomic mass is 10.1. The molecule has 2 aromatic heterocycles. The Hall–Kier alpha value is -2.24. The molecule has 1 aliphatic rings. The number of rotatable bonds is 3. The molecule has 0 saturated heterocycles. The second kappa shape index (κ2) is 5.51. The molecule has 0 amide bonds. The van der Waals surface area contributed by atoms with E-state index in [1.807, 2.05) is 23.8 Å². The Balaban J connectivity index is 1.76. The van der Waals surface area contributed by atoms with Gasteiger partial charge in [-0.3, -0.25) is 0 Å². The van der Waals surface area contributed by atoms with Crippen molar-refractivity contribution in [2.45, 2.75) is 37.2 Å². The number of hydrogen-bond donors (Lipinski definition) is 1. The summed E-state index contributed by atoms with van der Waals surface area (Å²) in [5.41, 5.74) is 1.13. The first-order valence-corrected chi connectivity index (χ1v) is 8.37. The molecule has 3 heterocycles. The van der Waals surface area contributed by atoms with Gasteiger partial charge in [0, 0.05) is 31.4 Å². The summed E-state index contributed by atoms with van der Waals surface area (Å²) in [7, 11) is -3.64. The van der Waals surface area contributed by atoms with Crippen LogP contribution in [0.1, 0.15) is 23.6 Å². The van der Waals surface area contributed by atoms with E-state index in [1.54, 1.807) is 0 Å². The van der Waals surface area contributed by atoms with E-state index in [4.69, 9.17) is 5.26 Å². The summed E-state index contributed by atoms with van der Waals surface area (Å²) in [4.78, 5) is 8.27. The van der Waals surface area contributed by atoms with Crippen LogP contribution >= 0.6 is 0 Å². The van der Waals surface area contributed by atoms with Crippen molar-refractivity contribution >= 4 is 10.0 Å². The largest absolute Gasteiger partial charge is 0.333 e. The molecule has 1 aliphatic heterocycles. The zero-order valence-corrected chi connectivity index (χ0v) is 12.8. The number of nitrogens with zero attached hydrogens (tertiary/aromatic N) is 4. The zero-order chi connectivity index (χ0) is 15.7. The molecule has 0 fully saturated rings. The number of fused-ring (bicyclic) bond motifs is 1. The lowest BCUT2D eigenvalue weighted by Crippen LogP contribution is -2.40. The monoisotopic (exact) mass is 317 g/mol. The maximum Gasteiger partial charge on any atom is 0.242 e. The number of sulfonamides is 1. The standard InChI is InChI=1S/C14H15N5O2S/c1-10-8-19-9-12(3-5-14(19)17-10)18-22(20,21)13-4-2-11(6-15)16-7-13/h2,4,7-8,12,18H,3,5,9H2,1H3. The molecule has 8 heteroatoms. The van der Waals surface area contributed by atoms with Crippen molar-refractivity contribution in [3.63, 3.8) is 0 Å². The summed E-state index contributed by atoms with van der Waals surface area (Å²) in [6.45, 7) is 2.49. The highest BCUT2D eigenvalue weighted by molar-refractivity contribution is 7.89. The molecule has 3 rings (SSSR count). The van der Waals surface area contributed by atoms with Gasteiger partial charge in [0.15, 0.2) is 0 Å². The number of aryl methyl sites for hydroxylation is 2. The van der Waals surface area contributed by atoms with Crippen LogP contribution in [0.15, 0.2) is 29.4 Å². The van der Waals surface area contributed by atoms with E-state index in [9.17, 15) is 8.42 Å². The highest BCUT2D eigenvalue weighted by Crippen LogP contribution is 2.17. The number of imidazole rings is 1. The Labute approximate surface area is 128 Å². The lowest BCUT2D eigenvalue weighted by molar-refractivity contribution is 0.421. The fourth-order valence-corrected chi connectivity index (χ4v) is 3.78. The smallest absolute Gasteiger partial charge is 0.242 e. The number of nitriles is 1. The average molecular weight is 317 g/mol. The molecule has 2 aromatic rings. The van der Waals surface area contributed by atoms with Crippen LogP contribution in [0.5, 0.6) is 0 Å². The van der Waals surface area contributed by atoms with E-state index in [0.717, 1.165) is 17.9 Å². The third-order valence-electron chi connectivity index (χ3n) is 3.60. The maximum atomic E-state index is 12.4. The van der Waals surface area contributed by atoms with E-state index < -0.39 is 10.0 Å². The second-order valence-corrected chi connectivity index (χ2v) is 7.01. The Kier molecular flexibility index (Phi) is 3.68. The number of hydrogen-bond acceptors (Lipinski definition) is 5. The van der Waals surface area contributed by atoms with E-state index >= 15 is 0 Å². The molecule has 0 saturated carbocycles. The lowest BCUT2D eigenvalue weighted by Gasteiger charge is -2.24. The third kappa shape index (κ3) is 2.86. The van der Waals surface area contributed by atoms with Gasteiger partial charge in [-0.1, -0.05) is 0 Å². The molecule has 7 nitrogen and oxygen atoms in total. The van der Waals surface area contributed by atoms with Crippen molar-refractivity contribution in [2.24, 2.45) is 0 Å². The van der Waals surface area contributed by atoms with Gasteiger partial charge in [0.1, 0.15) is 22.5 Å². The van der Waals surface area contributed by atoms with Gasteiger partial charge < -0.3 is 4.57 Å². The van der Waals surface area contributed by atoms with Gasteiger partial charge in [-0.25, -0.2) is 23.1 Å². The molecular formula is C14H15N5O2S. The Morgan fingerprint density at radius 3 is 2.95 bits per heavy atom. The van der Waals surface area contributed by atoms with Crippen LogP contribution in [0.25, 0.3) is 0 Å². The summed E-state index contributed by atoms with van der Waals surface area (Å²) >= 11 is 0. The summed E-state index contributed by atoms with van der Waals surface area (Å²) in [5.74, 6) is 0.994. The number of aromatic nitrogens is 3. The Morgan fingerprint density at radius 1 is 1.45 bits per heavy atom. The van der Waals surface area contributed by atoms with Gasteiger partial charge in [0.05, 0.1) is 5.69 Å². The van der Waals surface area contributed by atoms with Gasteiger partial charge in [-0.2, -0.15) is 5.26 Å². The van der Waals surface area contributed by atoms with Gasteiger partial charge in [-0.15, -0.1) is 0 Å². The molecule has 0 spiro atoms. The molecule has 0 aromatic carbocycles. The van der Waals surface area contributed by atoms with E-state index in [1.165, 1.54) is 18.3 Å². The molecule has 0 radical (unpaired) electrons. The van der Waals surface area contributed by atoms with Crippen LogP contribution in [-0.2, 0) is 23.0 Å². The van der Waals surface area contributed by atoms with Crippen LogP contribution in [0.4, 0.5) is 0 Å². The molecule has 1 unspecified atom stereocenters. The molecule has 0 aliphatic carbocycles. The van der Waals surface area contributed by atoms with Gasteiger partial charge >= 0.3 is 0 Å². The van der Waals surface area contributed by atoms with E-state index in [0.29, 0.717) is 13.0 Å². The molecule has 22 heavy (non-hydrogen) atoms. The predicted octanol–water partition coefficient (Wildman–Crippen LogP) is 0.751. The molecule has 0 bridgehead atoms. The Bertz CT molecular complexity index is 833. The van der Waals surface area contributed by atoms with Gasteiger partial charge in [0.25, 0.3) is 0 Å². The first kappa shape index (κ1) is 14.7. The first-order chi connectivity index (χ1) is 10.5. The van der Waals surface area contributed by atoms with Crippen molar-refractivity contribution in [2.75, 3.05) is 0 Å². The SMILES string of the molecule is Cc1cn2c(n1)CCC(NS(=O)(=O)c1ccc(C#N)nc1)C2. The van der Waals surface area contributed by atoms with Crippen LogP contribution in [0.2, 0.25) is 0 Å². The number of nitrogens with one attached hydrogen (secondary N) is 1. The van der Waals surface area contributed by atoms with Crippen LogP contribution in [-0.4, -0.2) is 29.0 Å². The van der Waals surface area contributed by atoms with Crippen LogP contribution in [0.3, 0.4) is 0 Å². The predicted molar refractivity (Wildman–Crippen MR) is 78.3 cm³/mol. The number of pyridine rings is 1. The summed E-state index contributed by atoms with van der Waals surface area (Å²) < 4.78 is 29.4. The highest BCUT2D eigenvalue weighted by Gasteiger charge is 2.25. The minimum atomic E-state index is -3.64. The first-order valence-electron chi connectivity index (χ1n) is 6.89. The fourth-order valence-electron chi connectivity index (χ4n) is 2.58. The quantitative estimate of drug-likeness (QED) is 0.900. The maximum absolute atomic E-state index is 12.4. The highest BCUT2D eigenvalue weighted by atomic mass is 32.2. The Morgan fingerprint density at radius 2 is 2.27 bits per heavy atom. The topological polar surface area (TPSA) is 101 Å². The molecule has 1 N–H and O–H groups in total. The zero-order valence-electron chi connectivity index (χ0n) is 12.0. The minimum Gasteiger partial charge on any atom is -0.333 e. The summed E-state index contributed by atoms with van der Waals surface area (Å²) in [6, 6.07) is 4.47. The van der Waals surface area contributed by atoms with Crippen LogP contribution in [0, 0.1) is 18.3 Å². The second-order valence-electron chi connectivity index (χ2n) is 5.30. The third-order valence-corrected chi connectivity index (χ3v) is 5.10. The fraction of sp³-hybridized carbons (Fsp3) is 0.357. The van der Waals surface area contributed by atoms with Crippen molar-refractivity contribution in [1.29, 1.82) is 5.26 Å². The van der Waals surface area contributed by atoms with Crippen LogP contribution < -0.4 is 4.72 Å². The molecular weight excluding hydrogens is 302 g/mol. The summed E-state index contributed by atoms with van der Waals surface area (Å²) in [6.07, 6.45) is 4.58. The molecule has 1 atom stereocenters. The summed E-state index contributed by atoms with van der Waals surface area (Å²) in [5, 5.41) is 8.70. The van der Waals surface area contributed by atoms with Gasteiger partial charge in [0.2, 0.25) is 10.0 Å². The van der Waals surface area contributed by atoms with Crippen molar-refractivity contribution in [1.82, 2.24) is 19.3 Å². The van der Waals surface area contributed by atoms with Crippen molar-refractivity contribution in [3.8, 4) is 6.07 Å². The van der Waals surface area contributed by atoms with Crippen molar-refractivity contribution < 1.29 is 8.42 Å².